The third-order valence-corrected chi connectivity index (χ3v) is 16.4. The number of anilines is 2. The summed E-state index contributed by atoms with van der Waals surface area (Å²) in [7, 11) is -2.78. The molecule has 5 nitrogen and oxygen atoms in total. The zero-order valence-electron chi connectivity index (χ0n) is 30.0. The van der Waals surface area contributed by atoms with Crippen LogP contribution in [0.1, 0.15) is 85.2 Å². The lowest BCUT2D eigenvalue weighted by Gasteiger charge is -2.43. The lowest BCUT2D eigenvalue weighted by molar-refractivity contribution is 0.0641. The lowest BCUT2D eigenvalue weighted by atomic mass is 10.1. The molecule has 0 bridgehead atoms. The molecule has 7 heteroatoms. The molecule has 2 heterocycles. The molecule has 0 atom stereocenters. The highest BCUT2D eigenvalue weighted by Crippen LogP contribution is 2.50. The van der Waals surface area contributed by atoms with Gasteiger partial charge in [0.05, 0.1) is 35.7 Å². The second kappa shape index (κ2) is 14.7. The van der Waals surface area contributed by atoms with Crippen molar-refractivity contribution < 1.29 is 14.0 Å². The molecule has 260 valence electrons. The molecule has 2 amide bonds. The van der Waals surface area contributed by atoms with Crippen LogP contribution in [0.25, 0.3) is 0 Å². The van der Waals surface area contributed by atoms with E-state index in [9.17, 15) is 9.59 Å². The molecule has 0 N–H and O–H groups in total. The fourth-order valence-corrected chi connectivity index (χ4v) is 13.4. The topological polar surface area (TPSA) is 49.9 Å². The van der Waals surface area contributed by atoms with Crippen molar-refractivity contribution in [1.82, 2.24) is 4.90 Å². The molecule has 0 saturated carbocycles. The van der Waals surface area contributed by atoms with Crippen molar-refractivity contribution in [3.8, 4) is 0 Å². The van der Waals surface area contributed by atoms with Gasteiger partial charge in [0.1, 0.15) is 0 Å². The number of nitrogens with zero attached hydrogens (tertiary/aromatic N) is 2. The number of unbranched alkanes of at least 4 members (excludes halogenated alkanes) is 3. The Labute approximate surface area is 307 Å². The van der Waals surface area contributed by atoms with Crippen LogP contribution in [0.2, 0.25) is 5.04 Å². The normalized spacial score (nSPS) is 14.0. The zero-order chi connectivity index (χ0) is 35.6. The van der Waals surface area contributed by atoms with E-state index in [1.165, 1.54) is 45.1 Å². The number of carbonyl (C=O) groups excluding carboxylic acids is 2. The minimum Gasteiger partial charge on any atom is -0.403 e. The van der Waals surface area contributed by atoms with Crippen molar-refractivity contribution in [2.45, 2.75) is 81.4 Å². The minimum absolute atomic E-state index is 0.173. The lowest BCUT2D eigenvalue weighted by Crippen LogP contribution is -2.66. The fourth-order valence-electron chi connectivity index (χ4n) is 7.66. The summed E-state index contributed by atoms with van der Waals surface area (Å²) in [5, 5.41) is 2.23. The van der Waals surface area contributed by atoms with Crippen LogP contribution in [0.3, 0.4) is 0 Å². The summed E-state index contributed by atoms with van der Waals surface area (Å²) in [4.78, 5) is 34.0. The summed E-state index contributed by atoms with van der Waals surface area (Å²) in [6.07, 6.45) is 4.72. The molecule has 5 aromatic rings. The quantitative estimate of drug-likeness (QED) is 0.0733. The number of carbonyl (C=O) groups is 2. The molecule has 51 heavy (non-hydrogen) atoms. The zero-order valence-corrected chi connectivity index (χ0v) is 31.8. The summed E-state index contributed by atoms with van der Waals surface area (Å²) in [5.74, 6) is -0.498. The smallest absolute Gasteiger partial charge is 0.261 e. The molecule has 0 saturated heterocycles. The molecule has 0 radical (unpaired) electrons. The van der Waals surface area contributed by atoms with Gasteiger partial charge < -0.3 is 9.33 Å². The first-order chi connectivity index (χ1) is 24.7. The summed E-state index contributed by atoms with van der Waals surface area (Å²) in [6.45, 7) is 10.5. The Morgan fingerprint density at radius 3 is 2.00 bits per heavy atom. The SMILES string of the molecule is CCCCCCN1c2ccccc2Sc2c(CN3C(=O)c4ccc(CO[Si](c5ccccc5)(c5ccccc5)C(C)(C)C)cc4C3=O)cccc21. The summed E-state index contributed by atoms with van der Waals surface area (Å²) in [5.41, 5.74) is 5.13. The number of amides is 2. The molecule has 0 fully saturated rings. The third-order valence-electron chi connectivity index (χ3n) is 10.2. The largest absolute Gasteiger partial charge is 0.403 e. The van der Waals surface area contributed by atoms with E-state index in [4.69, 9.17) is 4.43 Å². The number of rotatable bonds is 12. The molecule has 0 unspecified atom stereocenters. The van der Waals surface area contributed by atoms with Gasteiger partial charge in [-0.25, -0.2) is 0 Å². The Morgan fingerprint density at radius 1 is 0.667 bits per heavy atom. The molecule has 0 aliphatic carbocycles. The van der Waals surface area contributed by atoms with E-state index in [1.807, 2.05) is 30.3 Å². The summed E-state index contributed by atoms with van der Waals surface area (Å²) in [6, 6.07) is 41.5. The maximum atomic E-state index is 14.1. The van der Waals surface area contributed by atoms with Gasteiger partial charge in [-0.3, -0.25) is 14.5 Å². The Balaban J connectivity index is 1.15. The monoisotopic (exact) mass is 710 g/mol. The highest BCUT2D eigenvalue weighted by Gasteiger charge is 2.50. The van der Waals surface area contributed by atoms with Gasteiger partial charge >= 0.3 is 0 Å². The van der Waals surface area contributed by atoms with Crippen LogP contribution >= 0.6 is 11.8 Å². The van der Waals surface area contributed by atoms with E-state index < -0.39 is 8.32 Å². The van der Waals surface area contributed by atoms with Gasteiger partial charge in [0.25, 0.3) is 20.1 Å². The molecule has 5 aromatic carbocycles. The Kier molecular flexibility index (Phi) is 10.1. The second-order valence-corrected chi connectivity index (χ2v) is 19.9. The van der Waals surface area contributed by atoms with Crippen LogP contribution in [0.4, 0.5) is 11.4 Å². The Morgan fingerprint density at radius 2 is 1.31 bits per heavy atom. The predicted molar refractivity (Wildman–Crippen MR) is 211 cm³/mol. The highest BCUT2D eigenvalue weighted by atomic mass is 32.2. The average molecular weight is 711 g/mol. The van der Waals surface area contributed by atoms with Gasteiger partial charge in [-0.1, -0.05) is 150 Å². The van der Waals surface area contributed by atoms with Crippen molar-refractivity contribution in [2.24, 2.45) is 0 Å². The molecular weight excluding hydrogens is 665 g/mol. The van der Waals surface area contributed by atoms with Crippen molar-refractivity contribution in [2.75, 3.05) is 11.4 Å². The molecule has 7 rings (SSSR count). The number of imide groups is 1. The van der Waals surface area contributed by atoms with Gasteiger partial charge in [0.15, 0.2) is 0 Å². The van der Waals surface area contributed by atoms with Crippen molar-refractivity contribution in [1.29, 1.82) is 0 Å². The Hall–Kier alpha value is -4.43. The maximum Gasteiger partial charge on any atom is 0.261 e. The number of hydrogen-bond donors (Lipinski definition) is 0. The van der Waals surface area contributed by atoms with E-state index in [2.05, 4.69) is 124 Å². The van der Waals surface area contributed by atoms with E-state index in [1.54, 1.807) is 11.8 Å². The Bertz CT molecular complexity index is 2000. The van der Waals surface area contributed by atoms with Crippen LogP contribution in [-0.2, 0) is 17.6 Å². The van der Waals surface area contributed by atoms with Crippen LogP contribution in [0.15, 0.2) is 131 Å². The standard InChI is InChI=1S/C44H46N2O3SSi/c1-5-6-7-16-28-45-38-23-14-15-25-40(38)50-41-33(18-17-24-39(41)45)30-46-42(47)36-27-26-32(29-37(36)43(46)48)31-49-51(44(2,3)4,34-19-10-8-11-20-34)35-21-12-9-13-22-35/h8-15,17-27,29H,5-7,16,28,30-31H2,1-4H3. The van der Waals surface area contributed by atoms with Crippen molar-refractivity contribution in [3.63, 3.8) is 0 Å². The van der Waals surface area contributed by atoms with E-state index in [0.29, 0.717) is 17.7 Å². The molecule has 0 aromatic heterocycles. The van der Waals surface area contributed by atoms with Crippen LogP contribution in [0.5, 0.6) is 0 Å². The fraction of sp³-hybridized carbons (Fsp3) is 0.273. The number of benzene rings is 5. The minimum atomic E-state index is -2.78. The predicted octanol–water partition coefficient (Wildman–Crippen LogP) is 9.74. The summed E-state index contributed by atoms with van der Waals surface area (Å²) >= 11 is 1.73. The van der Waals surface area contributed by atoms with Crippen LogP contribution < -0.4 is 15.3 Å². The van der Waals surface area contributed by atoms with Gasteiger partial charge in [0.2, 0.25) is 0 Å². The first-order valence-corrected chi connectivity index (χ1v) is 20.9. The molecule has 0 spiro atoms. The van der Waals surface area contributed by atoms with E-state index >= 15 is 0 Å². The van der Waals surface area contributed by atoms with Gasteiger partial charge in [-0.2, -0.15) is 0 Å². The van der Waals surface area contributed by atoms with E-state index in [-0.39, 0.29) is 23.4 Å². The van der Waals surface area contributed by atoms with Gasteiger partial charge in [-0.15, -0.1) is 0 Å². The first-order valence-electron chi connectivity index (χ1n) is 18.1. The maximum absolute atomic E-state index is 14.1. The van der Waals surface area contributed by atoms with E-state index in [0.717, 1.165) is 34.7 Å². The van der Waals surface area contributed by atoms with Gasteiger partial charge in [-0.05, 0) is 63.3 Å². The number of fused-ring (bicyclic) bond motifs is 3. The number of para-hydroxylation sites is 1. The molecular formula is C44H46N2O3SSi. The van der Waals surface area contributed by atoms with Crippen molar-refractivity contribution >= 4 is 53.6 Å². The summed E-state index contributed by atoms with van der Waals surface area (Å²) < 4.78 is 7.16. The number of hydrogen-bond acceptors (Lipinski definition) is 5. The van der Waals surface area contributed by atoms with Crippen LogP contribution in [-0.4, -0.2) is 31.6 Å². The first kappa shape index (κ1) is 35.0. The average Bonchev–Trinajstić information content (AvgIpc) is 3.38. The van der Waals surface area contributed by atoms with Crippen molar-refractivity contribution in [3.05, 3.63) is 144 Å². The third kappa shape index (κ3) is 6.59. The van der Waals surface area contributed by atoms with Crippen LogP contribution in [0, 0.1) is 0 Å². The molecule has 2 aliphatic rings. The molecule has 2 aliphatic heterocycles. The van der Waals surface area contributed by atoms with Gasteiger partial charge in [0, 0.05) is 16.3 Å². The second-order valence-electron chi connectivity index (χ2n) is 14.6. The highest BCUT2D eigenvalue weighted by molar-refractivity contribution is 7.99.